The molecule has 0 radical (unpaired) electrons. The number of nitrogens with one attached hydrogen (secondary N) is 1. The standard InChI is InChI=1S/C18H19N5O3S/c1-11-6-4-7-12(2)16(11)19-18(25)13(3)26-15(24)10-23-21-17(20-22-23)14-8-5-9-27-14/h4-9,13H,10H2,1-3H3,(H,19,25)/t13-/m1/s1. The van der Waals surface area contributed by atoms with Gasteiger partial charge in [-0.2, -0.15) is 4.80 Å². The van der Waals surface area contributed by atoms with Crippen molar-refractivity contribution in [3.8, 4) is 10.7 Å². The molecule has 2 heterocycles. The third-order valence-electron chi connectivity index (χ3n) is 3.87. The van der Waals surface area contributed by atoms with Gasteiger partial charge >= 0.3 is 5.97 Å². The van der Waals surface area contributed by atoms with Crippen molar-refractivity contribution in [3.05, 3.63) is 46.8 Å². The number of anilines is 1. The molecule has 2 aromatic heterocycles. The van der Waals surface area contributed by atoms with E-state index >= 15 is 0 Å². The predicted molar refractivity (Wildman–Crippen MR) is 101 cm³/mol. The van der Waals surface area contributed by atoms with E-state index in [0.29, 0.717) is 5.82 Å². The number of esters is 1. The highest BCUT2D eigenvalue weighted by molar-refractivity contribution is 7.13. The number of thiophene rings is 1. The molecule has 0 saturated carbocycles. The van der Waals surface area contributed by atoms with Crippen molar-refractivity contribution in [1.82, 2.24) is 20.2 Å². The second kappa shape index (κ2) is 8.09. The Morgan fingerprint density at radius 3 is 2.63 bits per heavy atom. The molecule has 3 aromatic rings. The first-order valence-corrected chi connectivity index (χ1v) is 9.20. The van der Waals surface area contributed by atoms with Gasteiger partial charge in [-0.05, 0) is 48.6 Å². The number of benzene rings is 1. The van der Waals surface area contributed by atoms with E-state index in [9.17, 15) is 9.59 Å². The molecule has 0 aliphatic heterocycles. The number of carbonyl (C=O) groups is 2. The number of ether oxygens (including phenoxy) is 1. The summed E-state index contributed by atoms with van der Waals surface area (Å²) in [4.78, 5) is 26.4. The molecule has 1 atom stereocenters. The van der Waals surface area contributed by atoms with Gasteiger partial charge < -0.3 is 10.1 Å². The molecular weight excluding hydrogens is 366 g/mol. The van der Waals surface area contributed by atoms with E-state index in [1.54, 1.807) is 0 Å². The zero-order valence-corrected chi connectivity index (χ0v) is 16.0. The van der Waals surface area contributed by atoms with Gasteiger partial charge in [-0.3, -0.25) is 4.79 Å². The molecule has 140 valence electrons. The van der Waals surface area contributed by atoms with Gasteiger partial charge in [-0.15, -0.1) is 21.5 Å². The summed E-state index contributed by atoms with van der Waals surface area (Å²) in [5, 5.41) is 16.6. The Labute approximate surface area is 160 Å². The van der Waals surface area contributed by atoms with Crippen LogP contribution in [0.5, 0.6) is 0 Å². The van der Waals surface area contributed by atoms with Gasteiger partial charge in [0.2, 0.25) is 5.82 Å². The summed E-state index contributed by atoms with van der Waals surface area (Å²) in [5.41, 5.74) is 2.61. The molecular formula is C18H19N5O3S. The van der Waals surface area contributed by atoms with Crippen LogP contribution in [0.1, 0.15) is 18.1 Å². The molecule has 3 rings (SSSR count). The molecule has 0 spiro atoms. The van der Waals surface area contributed by atoms with Crippen LogP contribution in [0.4, 0.5) is 5.69 Å². The van der Waals surface area contributed by atoms with Gasteiger partial charge in [0.05, 0.1) is 4.88 Å². The molecule has 9 heteroatoms. The summed E-state index contributed by atoms with van der Waals surface area (Å²) in [6.45, 7) is 5.10. The van der Waals surface area contributed by atoms with E-state index < -0.39 is 18.0 Å². The second-order valence-electron chi connectivity index (χ2n) is 6.01. The number of aromatic nitrogens is 4. The van der Waals surface area contributed by atoms with E-state index in [-0.39, 0.29) is 6.54 Å². The summed E-state index contributed by atoms with van der Waals surface area (Å²) in [7, 11) is 0. The van der Waals surface area contributed by atoms with E-state index in [1.165, 1.54) is 18.3 Å². The fourth-order valence-corrected chi connectivity index (χ4v) is 3.10. The third kappa shape index (κ3) is 4.56. The number of carbonyl (C=O) groups excluding carboxylic acids is 2. The SMILES string of the molecule is Cc1cccc(C)c1NC(=O)[C@@H](C)OC(=O)Cn1nnc(-c2cccs2)n1. The van der Waals surface area contributed by atoms with Gasteiger partial charge in [0.15, 0.2) is 12.6 Å². The van der Waals surface area contributed by atoms with Crippen molar-refractivity contribution in [2.24, 2.45) is 0 Å². The first-order valence-electron chi connectivity index (χ1n) is 8.32. The van der Waals surface area contributed by atoms with E-state index in [4.69, 9.17) is 4.74 Å². The van der Waals surface area contributed by atoms with Crippen LogP contribution in [0.15, 0.2) is 35.7 Å². The predicted octanol–water partition coefficient (Wildman–Crippen LogP) is 2.59. The van der Waals surface area contributed by atoms with Crippen molar-refractivity contribution < 1.29 is 14.3 Å². The molecule has 1 aromatic carbocycles. The van der Waals surface area contributed by atoms with Gasteiger partial charge in [0.25, 0.3) is 5.91 Å². The third-order valence-corrected chi connectivity index (χ3v) is 4.74. The minimum absolute atomic E-state index is 0.223. The smallest absolute Gasteiger partial charge is 0.330 e. The molecule has 0 aliphatic rings. The molecule has 27 heavy (non-hydrogen) atoms. The van der Waals surface area contributed by atoms with Crippen LogP contribution >= 0.6 is 11.3 Å². The summed E-state index contributed by atoms with van der Waals surface area (Å²) in [6.07, 6.45) is -0.947. The number of tetrazole rings is 1. The van der Waals surface area contributed by atoms with Crippen LogP contribution in [0.2, 0.25) is 0 Å². The number of hydrogen-bond donors (Lipinski definition) is 1. The fraction of sp³-hybridized carbons (Fsp3) is 0.278. The van der Waals surface area contributed by atoms with Crippen molar-refractivity contribution in [2.75, 3.05) is 5.32 Å². The maximum atomic E-state index is 12.3. The number of rotatable bonds is 6. The second-order valence-corrected chi connectivity index (χ2v) is 6.96. The minimum atomic E-state index is -0.947. The van der Waals surface area contributed by atoms with Crippen LogP contribution in [0, 0.1) is 13.8 Å². The Bertz CT molecular complexity index is 932. The summed E-state index contributed by atoms with van der Waals surface area (Å²) >= 11 is 1.48. The van der Waals surface area contributed by atoms with Gasteiger partial charge in [-0.25, -0.2) is 4.79 Å². The van der Waals surface area contributed by atoms with E-state index in [2.05, 4.69) is 20.7 Å². The fourth-order valence-electron chi connectivity index (χ4n) is 2.45. The van der Waals surface area contributed by atoms with Crippen LogP contribution in [-0.4, -0.2) is 38.2 Å². The number of hydrogen-bond acceptors (Lipinski definition) is 7. The normalized spacial score (nSPS) is 11.8. The largest absolute Gasteiger partial charge is 0.451 e. The lowest BCUT2D eigenvalue weighted by Gasteiger charge is -2.16. The summed E-state index contributed by atoms with van der Waals surface area (Å²) in [6, 6.07) is 9.47. The van der Waals surface area contributed by atoms with E-state index in [1.807, 2.05) is 49.6 Å². The number of nitrogens with zero attached hydrogens (tertiary/aromatic N) is 4. The molecule has 0 saturated heterocycles. The Morgan fingerprint density at radius 2 is 1.96 bits per heavy atom. The lowest BCUT2D eigenvalue weighted by molar-refractivity contribution is -0.154. The average Bonchev–Trinajstić information content (AvgIpc) is 3.29. The van der Waals surface area contributed by atoms with Crippen molar-refractivity contribution in [1.29, 1.82) is 0 Å². The van der Waals surface area contributed by atoms with Gasteiger partial charge in [0.1, 0.15) is 0 Å². The first-order chi connectivity index (χ1) is 12.9. The monoisotopic (exact) mass is 385 g/mol. The maximum Gasteiger partial charge on any atom is 0.330 e. The van der Waals surface area contributed by atoms with Crippen LogP contribution in [-0.2, 0) is 20.9 Å². The average molecular weight is 385 g/mol. The molecule has 1 amide bonds. The highest BCUT2D eigenvalue weighted by atomic mass is 32.1. The van der Waals surface area contributed by atoms with Crippen LogP contribution in [0.25, 0.3) is 10.7 Å². The molecule has 8 nitrogen and oxygen atoms in total. The Kier molecular flexibility index (Phi) is 5.60. The molecule has 0 bridgehead atoms. The van der Waals surface area contributed by atoms with Crippen molar-refractivity contribution >= 4 is 28.9 Å². The lowest BCUT2D eigenvalue weighted by atomic mass is 10.1. The number of amides is 1. The number of aryl methyl sites for hydroxylation is 2. The first kappa shape index (κ1) is 18.7. The topological polar surface area (TPSA) is 99.0 Å². The minimum Gasteiger partial charge on any atom is -0.451 e. The highest BCUT2D eigenvalue weighted by Gasteiger charge is 2.20. The molecule has 0 unspecified atom stereocenters. The lowest BCUT2D eigenvalue weighted by Crippen LogP contribution is -2.32. The number of para-hydroxylation sites is 1. The Hall–Kier alpha value is -3.07. The van der Waals surface area contributed by atoms with Crippen LogP contribution < -0.4 is 5.32 Å². The van der Waals surface area contributed by atoms with Crippen molar-refractivity contribution in [2.45, 2.75) is 33.4 Å². The zero-order chi connectivity index (χ0) is 19.4. The summed E-state index contributed by atoms with van der Waals surface area (Å²) < 4.78 is 5.19. The van der Waals surface area contributed by atoms with Gasteiger partial charge in [-0.1, -0.05) is 24.3 Å². The Morgan fingerprint density at radius 1 is 1.22 bits per heavy atom. The molecule has 0 aliphatic carbocycles. The Balaban J connectivity index is 1.56. The van der Waals surface area contributed by atoms with E-state index in [0.717, 1.165) is 26.5 Å². The molecule has 0 fully saturated rings. The quantitative estimate of drug-likeness (QED) is 0.655. The van der Waals surface area contributed by atoms with Crippen LogP contribution in [0.3, 0.4) is 0 Å². The van der Waals surface area contributed by atoms with Gasteiger partial charge in [0, 0.05) is 5.69 Å². The zero-order valence-electron chi connectivity index (χ0n) is 15.2. The summed E-state index contributed by atoms with van der Waals surface area (Å²) in [5.74, 6) is -0.570. The maximum absolute atomic E-state index is 12.3. The molecule has 1 N–H and O–H groups in total. The highest BCUT2D eigenvalue weighted by Crippen LogP contribution is 2.20. The van der Waals surface area contributed by atoms with Crippen molar-refractivity contribution in [3.63, 3.8) is 0 Å².